The number of halogens is 1. The number of thiophene rings is 1. The van der Waals surface area contributed by atoms with Gasteiger partial charge in [-0.05, 0) is 23.6 Å². The lowest BCUT2D eigenvalue weighted by Crippen LogP contribution is -2.61. The van der Waals surface area contributed by atoms with E-state index in [0.29, 0.717) is 16.1 Å². The summed E-state index contributed by atoms with van der Waals surface area (Å²) in [6.45, 7) is -0.534. The molecule has 0 radical (unpaired) electrons. The highest BCUT2D eigenvalue weighted by Crippen LogP contribution is 2.32. The lowest BCUT2D eigenvalue weighted by Gasteiger charge is -2.44. The molecule has 1 aliphatic rings. The first-order valence-electron chi connectivity index (χ1n) is 9.51. The zero-order chi connectivity index (χ0) is 22.1. The molecule has 0 aliphatic carbocycles. The van der Waals surface area contributed by atoms with E-state index in [1.807, 2.05) is 0 Å². The van der Waals surface area contributed by atoms with Gasteiger partial charge in [0.05, 0.1) is 17.7 Å². The fourth-order valence-corrected chi connectivity index (χ4v) is 4.31. The van der Waals surface area contributed by atoms with E-state index in [0.717, 1.165) is 0 Å². The van der Waals surface area contributed by atoms with Gasteiger partial charge in [0.25, 0.3) is 5.91 Å². The summed E-state index contributed by atoms with van der Waals surface area (Å²) in [4.78, 5) is 14.4. The zero-order valence-corrected chi connectivity index (χ0v) is 17.3. The van der Waals surface area contributed by atoms with Gasteiger partial charge >= 0.3 is 0 Å². The third kappa shape index (κ3) is 4.10. The maximum absolute atomic E-state index is 13.6. The molecule has 11 heteroatoms. The minimum atomic E-state index is -1.38. The molecule has 164 valence electrons. The molecule has 31 heavy (non-hydrogen) atoms. The number of carbonyl (C=O) groups is 1. The van der Waals surface area contributed by atoms with Crippen LogP contribution in [0.4, 0.5) is 4.39 Å². The van der Waals surface area contributed by atoms with Crippen LogP contribution < -0.4 is 0 Å². The number of aliphatic hydroxyl groups is 3. The average Bonchev–Trinajstić information content (AvgIpc) is 3.46. The zero-order valence-electron chi connectivity index (χ0n) is 16.4. The summed E-state index contributed by atoms with van der Waals surface area (Å²) < 4.78 is 20.4. The highest BCUT2D eigenvalue weighted by atomic mass is 32.1. The Morgan fingerprint density at radius 1 is 1.29 bits per heavy atom. The standard InChI is InChI=1S/C20H21FN4O5S/c1-24(19(29)15-6-3-7-31-15)20-18(28)16(17(27)14(10-26)30-20)25-9-13(22-23-25)11-4-2-5-12(21)8-11/h2-9,14,16-18,20,26-28H,10H2,1H3/t14-,16+,17+,18-,20-/m1/s1. The molecule has 0 saturated carbocycles. The van der Waals surface area contributed by atoms with Gasteiger partial charge in [0, 0.05) is 12.6 Å². The van der Waals surface area contributed by atoms with Gasteiger partial charge in [-0.1, -0.05) is 23.4 Å². The van der Waals surface area contributed by atoms with Gasteiger partial charge in [0.2, 0.25) is 0 Å². The number of rotatable bonds is 5. The first kappa shape index (κ1) is 21.5. The molecule has 3 aromatic rings. The molecule has 1 fully saturated rings. The first-order chi connectivity index (χ1) is 14.9. The maximum atomic E-state index is 13.6. The molecule has 4 rings (SSSR count). The smallest absolute Gasteiger partial charge is 0.265 e. The minimum Gasteiger partial charge on any atom is -0.394 e. The lowest BCUT2D eigenvalue weighted by atomic mass is 9.95. The number of aliphatic hydroxyl groups excluding tert-OH is 3. The number of benzene rings is 1. The molecule has 2 aromatic heterocycles. The summed E-state index contributed by atoms with van der Waals surface area (Å²) in [6, 6.07) is 8.10. The molecular formula is C20H21FN4O5S. The van der Waals surface area contributed by atoms with Gasteiger partial charge in [-0.25, -0.2) is 9.07 Å². The molecular weight excluding hydrogens is 427 g/mol. The van der Waals surface area contributed by atoms with E-state index in [-0.39, 0.29) is 5.91 Å². The lowest BCUT2D eigenvalue weighted by molar-refractivity contribution is -0.235. The SMILES string of the molecule is CN(C(=O)c1cccs1)[C@@H]1O[C@H](CO)[C@H](O)[C@H](n2cc(-c3cccc(F)c3)nn2)[C@H]1O. The number of ether oxygens (including phenoxy) is 1. The van der Waals surface area contributed by atoms with Gasteiger partial charge in [-0.15, -0.1) is 16.4 Å². The van der Waals surface area contributed by atoms with E-state index in [1.165, 1.54) is 52.4 Å². The van der Waals surface area contributed by atoms with Crippen LogP contribution in [0.15, 0.2) is 48.0 Å². The van der Waals surface area contributed by atoms with E-state index in [9.17, 15) is 24.5 Å². The predicted molar refractivity (Wildman–Crippen MR) is 109 cm³/mol. The highest BCUT2D eigenvalue weighted by Gasteiger charge is 2.48. The Hall–Kier alpha value is -2.70. The van der Waals surface area contributed by atoms with Crippen LogP contribution in [0.2, 0.25) is 0 Å². The summed E-state index contributed by atoms with van der Waals surface area (Å²) >= 11 is 1.25. The van der Waals surface area contributed by atoms with Crippen molar-refractivity contribution in [3.63, 3.8) is 0 Å². The minimum absolute atomic E-state index is 0.338. The highest BCUT2D eigenvalue weighted by molar-refractivity contribution is 7.12. The summed E-state index contributed by atoms with van der Waals surface area (Å²) in [6.07, 6.45) is -3.47. The van der Waals surface area contributed by atoms with Crippen LogP contribution in [-0.4, -0.2) is 79.3 Å². The molecule has 1 saturated heterocycles. The fraction of sp³-hybridized carbons (Fsp3) is 0.350. The van der Waals surface area contributed by atoms with E-state index < -0.39 is 43.0 Å². The molecule has 3 N–H and O–H groups in total. The Bertz CT molecular complexity index is 1050. The number of hydrogen-bond donors (Lipinski definition) is 3. The first-order valence-corrected chi connectivity index (χ1v) is 10.4. The van der Waals surface area contributed by atoms with Crippen LogP contribution >= 0.6 is 11.3 Å². The second-order valence-electron chi connectivity index (χ2n) is 7.21. The van der Waals surface area contributed by atoms with Crippen molar-refractivity contribution >= 4 is 17.2 Å². The Morgan fingerprint density at radius 3 is 2.77 bits per heavy atom. The molecule has 0 unspecified atom stereocenters. The molecule has 1 aliphatic heterocycles. The van der Waals surface area contributed by atoms with Gasteiger partial charge < -0.3 is 25.0 Å². The van der Waals surface area contributed by atoms with E-state index in [1.54, 1.807) is 23.6 Å². The number of nitrogens with zero attached hydrogens (tertiary/aromatic N) is 4. The predicted octanol–water partition coefficient (Wildman–Crippen LogP) is 0.898. The van der Waals surface area contributed by atoms with E-state index in [2.05, 4.69) is 10.3 Å². The molecule has 1 aromatic carbocycles. The number of hydrogen-bond acceptors (Lipinski definition) is 8. The van der Waals surface area contributed by atoms with E-state index >= 15 is 0 Å². The van der Waals surface area contributed by atoms with Crippen LogP contribution in [-0.2, 0) is 4.74 Å². The normalized spacial score (nSPS) is 26.0. The molecule has 5 atom stereocenters. The Kier molecular flexibility index (Phi) is 6.12. The van der Waals surface area contributed by atoms with Crippen molar-refractivity contribution in [3.8, 4) is 11.3 Å². The number of likely N-dealkylation sites (N-methyl/N-ethyl adjacent to an activating group) is 1. The Labute approximate surface area is 180 Å². The summed E-state index contributed by atoms with van der Waals surface area (Å²) in [7, 11) is 1.47. The van der Waals surface area contributed by atoms with Crippen LogP contribution in [0.3, 0.4) is 0 Å². The number of amides is 1. The van der Waals surface area contributed by atoms with Crippen LogP contribution in [0.1, 0.15) is 15.7 Å². The van der Waals surface area contributed by atoms with Crippen molar-refractivity contribution in [2.75, 3.05) is 13.7 Å². The molecule has 9 nitrogen and oxygen atoms in total. The molecule has 0 spiro atoms. The van der Waals surface area contributed by atoms with Gasteiger partial charge in [0.1, 0.15) is 35.9 Å². The van der Waals surface area contributed by atoms with Crippen molar-refractivity contribution in [1.29, 1.82) is 0 Å². The van der Waals surface area contributed by atoms with Crippen molar-refractivity contribution in [2.24, 2.45) is 0 Å². The summed E-state index contributed by atoms with van der Waals surface area (Å²) in [5.74, 6) is -0.808. The maximum Gasteiger partial charge on any atom is 0.265 e. The van der Waals surface area contributed by atoms with Gasteiger partial charge in [-0.2, -0.15) is 0 Å². The van der Waals surface area contributed by atoms with Crippen LogP contribution in [0.5, 0.6) is 0 Å². The Balaban J connectivity index is 1.64. The third-order valence-corrected chi connectivity index (χ3v) is 6.10. The molecule has 0 bridgehead atoms. The Morgan fingerprint density at radius 2 is 2.10 bits per heavy atom. The third-order valence-electron chi connectivity index (χ3n) is 5.24. The van der Waals surface area contributed by atoms with Crippen LogP contribution in [0, 0.1) is 5.82 Å². The largest absolute Gasteiger partial charge is 0.394 e. The second kappa shape index (κ2) is 8.81. The number of carbonyl (C=O) groups excluding carboxylic acids is 1. The summed E-state index contributed by atoms with van der Waals surface area (Å²) in [5, 5.41) is 41.2. The van der Waals surface area contributed by atoms with Gasteiger partial charge in [0.15, 0.2) is 6.23 Å². The average molecular weight is 448 g/mol. The van der Waals surface area contributed by atoms with Crippen LogP contribution in [0.25, 0.3) is 11.3 Å². The van der Waals surface area contributed by atoms with Crippen molar-refractivity contribution in [2.45, 2.75) is 30.6 Å². The topological polar surface area (TPSA) is 121 Å². The van der Waals surface area contributed by atoms with Crippen molar-refractivity contribution in [1.82, 2.24) is 19.9 Å². The molecule has 3 heterocycles. The van der Waals surface area contributed by atoms with E-state index in [4.69, 9.17) is 4.74 Å². The monoisotopic (exact) mass is 448 g/mol. The molecule has 1 amide bonds. The van der Waals surface area contributed by atoms with Crippen molar-refractivity contribution in [3.05, 3.63) is 58.7 Å². The second-order valence-corrected chi connectivity index (χ2v) is 8.15. The summed E-state index contributed by atoms with van der Waals surface area (Å²) in [5.41, 5.74) is 0.813. The number of aromatic nitrogens is 3. The van der Waals surface area contributed by atoms with Gasteiger partial charge in [-0.3, -0.25) is 4.79 Å². The van der Waals surface area contributed by atoms with Crippen molar-refractivity contribution < 1.29 is 29.2 Å². The fourth-order valence-electron chi connectivity index (χ4n) is 3.61. The quantitative estimate of drug-likeness (QED) is 0.530.